The summed E-state index contributed by atoms with van der Waals surface area (Å²) < 4.78 is 16.3. The molecule has 0 radical (unpaired) electrons. The number of benzene rings is 2. The van der Waals surface area contributed by atoms with Crippen LogP contribution in [-0.4, -0.2) is 38.7 Å². The maximum atomic E-state index is 12.9. The summed E-state index contributed by atoms with van der Waals surface area (Å²) in [5, 5.41) is 2.78. The number of carbonyl (C=O) groups excluding carboxylic acids is 2. The molecule has 0 spiro atoms. The molecule has 1 heterocycles. The van der Waals surface area contributed by atoms with Crippen molar-refractivity contribution in [2.75, 3.05) is 26.2 Å². The summed E-state index contributed by atoms with van der Waals surface area (Å²) in [6.07, 6.45) is 0. The molecule has 3 rings (SSSR count). The number of ether oxygens (including phenoxy) is 3. The number of hydrogen-bond donors (Lipinski definition) is 1. The van der Waals surface area contributed by atoms with Crippen molar-refractivity contribution in [1.29, 1.82) is 0 Å². The zero-order valence-corrected chi connectivity index (χ0v) is 16.7. The Balaban J connectivity index is 1.78. The first kappa shape index (κ1) is 19.5. The Labute approximate surface area is 164 Å². The minimum Gasteiger partial charge on any atom is -0.493 e. The van der Waals surface area contributed by atoms with Crippen LogP contribution in [-0.2, 0) is 16.1 Å². The Morgan fingerprint density at radius 3 is 2.54 bits per heavy atom. The van der Waals surface area contributed by atoms with Crippen molar-refractivity contribution in [2.24, 2.45) is 0 Å². The smallest absolute Gasteiger partial charge is 0.280 e. The van der Waals surface area contributed by atoms with Crippen molar-refractivity contribution in [3.8, 4) is 17.2 Å². The Morgan fingerprint density at radius 2 is 1.86 bits per heavy atom. The van der Waals surface area contributed by atoms with E-state index in [-0.39, 0.29) is 6.54 Å². The Kier molecular flexibility index (Phi) is 5.18. The Morgan fingerprint density at radius 1 is 1.14 bits per heavy atom. The number of likely N-dealkylation sites (N-methyl/N-ethyl adjacent to an activating group) is 1. The van der Waals surface area contributed by atoms with Crippen LogP contribution in [0, 0.1) is 6.92 Å². The first-order valence-corrected chi connectivity index (χ1v) is 8.87. The molecule has 2 aromatic rings. The van der Waals surface area contributed by atoms with E-state index in [1.807, 2.05) is 25.1 Å². The normalized spacial score (nSPS) is 18.2. The molecule has 1 N–H and O–H groups in total. The van der Waals surface area contributed by atoms with Crippen molar-refractivity contribution < 1.29 is 23.8 Å². The highest BCUT2D eigenvalue weighted by molar-refractivity contribution is 6.16. The minimum absolute atomic E-state index is 0.218. The van der Waals surface area contributed by atoms with Crippen LogP contribution in [0.25, 0.3) is 0 Å². The fourth-order valence-corrected chi connectivity index (χ4v) is 3.15. The van der Waals surface area contributed by atoms with Crippen LogP contribution in [0.4, 0.5) is 5.69 Å². The van der Waals surface area contributed by atoms with Crippen LogP contribution in [0.2, 0.25) is 0 Å². The second-order valence-electron chi connectivity index (χ2n) is 6.84. The average Bonchev–Trinajstić information content (AvgIpc) is 2.70. The van der Waals surface area contributed by atoms with E-state index in [9.17, 15) is 9.59 Å². The Bertz CT molecular complexity index is 927. The first-order chi connectivity index (χ1) is 13.3. The predicted molar refractivity (Wildman–Crippen MR) is 105 cm³/mol. The summed E-state index contributed by atoms with van der Waals surface area (Å²) in [7, 11) is 4.75. The van der Waals surface area contributed by atoms with Gasteiger partial charge in [0, 0.05) is 13.6 Å². The van der Waals surface area contributed by atoms with E-state index in [1.54, 1.807) is 39.5 Å². The second-order valence-corrected chi connectivity index (χ2v) is 6.84. The highest BCUT2D eigenvalue weighted by Crippen LogP contribution is 2.37. The van der Waals surface area contributed by atoms with E-state index in [2.05, 4.69) is 5.32 Å². The van der Waals surface area contributed by atoms with Crippen molar-refractivity contribution in [2.45, 2.75) is 26.0 Å². The molecule has 2 amide bonds. The molecule has 0 saturated carbocycles. The lowest BCUT2D eigenvalue weighted by molar-refractivity contribution is -0.148. The molecule has 28 heavy (non-hydrogen) atoms. The molecule has 7 heteroatoms. The number of rotatable bonds is 5. The number of amides is 2. The lowest BCUT2D eigenvalue weighted by Crippen LogP contribution is -2.61. The number of fused-ring (bicyclic) bond motifs is 1. The molecule has 1 atom stereocenters. The van der Waals surface area contributed by atoms with Gasteiger partial charge in [-0.05, 0) is 49.2 Å². The van der Waals surface area contributed by atoms with Crippen molar-refractivity contribution in [3.05, 3.63) is 47.5 Å². The van der Waals surface area contributed by atoms with Gasteiger partial charge >= 0.3 is 0 Å². The van der Waals surface area contributed by atoms with Gasteiger partial charge in [-0.25, -0.2) is 0 Å². The van der Waals surface area contributed by atoms with Crippen LogP contribution >= 0.6 is 0 Å². The number of anilines is 1. The molecule has 0 fully saturated rings. The van der Waals surface area contributed by atoms with E-state index in [1.165, 1.54) is 11.8 Å². The zero-order valence-electron chi connectivity index (χ0n) is 16.7. The van der Waals surface area contributed by atoms with E-state index >= 15 is 0 Å². The van der Waals surface area contributed by atoms with Gasteiger partial charge < -0.3 is 24.4 Å². The van der Waals surface area contributed by atoms with Gasteiger partial charge in [0.25, 0.3) is 17.4 Å². The van der Waals surface area contributed by atoms with E-state index in [0.717, 1.165) is 11.1 Å². The van der Waals surface area contributed by atoms with Crippen molar-refractivity contribution >= 4 is 17.5 Å². The molecule has 0 aliphatic carbocycles. The van der Waals surface area contributed by atoms with E-state index in [4.69, 9.17) is 14.2 Å². The van der Waals surface area contributed by atoms with E-state index < -0.39 is 17.4 Å². The average molecular weight is 384 g/mol. The van der Waals surface area contributed by atoms with Gasteiger partial charge in [-0.3, -0.25) is 9.59 Å². The number of aryl methyl sites for hydroxylation is 1. The topological polar surface area (TPSA) is 77.1 Å². The zero-order chi connectivity index (χ0) is 20.5. The molecule has 0 aromatic heterocycles. The van der Waals surface area contributed by atoms with Crippen molar-refractivity contribution in [3.63, 3.8) is 0 Å². The van der Waals surface area contributed by atoms with E-state index in [0.29, 0.717) is 22.9 Å². The quantitative estimate of drug-likeness (QED) is 0.802. The standard InChI is InChI=1S/C21H24N2O5/c1-13-6-8-16-15(10-13)23(3)20(25)21(2,28-16)19(24)22-12-14-7-9-17(26-4)18(11-14)27-5/h6-11H,12H2,1-5H3,(H,22,24). The first-order valence-electron chi connectivity index (χ1n) is 8.87. The van der Waals surface area contributed by atoms with Crippen LogP contribution in [0.5, 0.6) is 17.2 Å². The Hall–Kier alpha value is -3.22. The fourth-order valence-electron chi connectivity index (χ4n) is 3.15. The number of methoxy groups -OCH3 is 2. The van der Waals surface area contributed by atoms with Gasteiger partial charge in [0.1, 0.15) is 5.75 Å². The molecular weight excluding hydrogens is 360 g/mol. The van der Waals surface area contributed by atoms with Crippen molar-refractivity contribution in [1.82, 2.24) is 5.32 Å². The molecular formula is C21H24N2O5. The van der Waals surface area contributed by atoms with Gasteiger partial charge in [0.05, 0.1) is 19.9 Å². The lowest BCUT2D eigenvalue weighted by atomic mass is 9.99. The van der Waals surface area contributed by atoms with Crippen LogP contribution in [0.15, 0.2) is 36.4 Å². The van der Waals surface area contributed by atoms with Gasteiger partial charge in [-0.2, -0.15) is 0 Å². The molecule has 148 valence electrons. The number of nitrogens with one attached hydrogen (secondary N) is 1. The summed E-state index contributed by atoms with van der Waals surface area (Å²) in [5.74, 6) is 0.732. The third kappa shape index (κ3) is 3.35. The summed E-state index contributed by atoms with van der Waals surface area (Å²) in [4.78, 5) is 27.2. The highest BCUT2D eigenvalue weighted by atomic mass is 16.5. The third-order valence-electron chi connectivity index (χ3n) is 4.84. The second kappa shape index (κ2) is 7.42. The third-order valence-corrected chi connectivity index (χ3v) is 4.84. The minimum atomic E-state index is -1.65. The summed E-state index contributed by atoms with van der Waals surface area (Å²) in [6, 6.07) is 10.9. The molecule has 1 aliphatic rings. The van der Waals surface area contributed by atoms with Gasteiger partial charge in [-0.15, -0.1) is 0 Å². The maximum absolute atomic E-state index is 12.9. The summed E-state index contributed by atoms with van der Waals surface area (Å²) in [5.41, 5.74) is 0.814. The molecule has 1 unspecified atom stereocenters. The molecule has 7 nitrogen and oxygen atoms in total. The fraction of sp³-hybridized carbons (Fsp3) is 0.333. The molecule has 0 bridgehead atoms. The number of carbonyl (C=O) groups is 2. The van der Waals surface area contributed by atoms with Gasteiger partial charge in [-0.1, -0.05) is 12.1 Å². The van der Waals surface area contributed by atoms with Gasteiger partial charge in [0.2, 0.25) is 0 Å². The van der Waals surface area contributed by atoms with Crippen LogP contribution < -0.4 is 24.4 Å². The van der Waals surface area contributed by atoms with Crippen LogP contribution in [0.3, 0.4) is 0 Å². The predicted octanol–water partition coefficient (Wildman–Crippen LogP) is 2.44. The van der Waals surface area contributed by atoms with Crippen LogP contribution in [0.1, 0.15) is 18.1 Å². The summed E-state index contributed by atoms with van der Waals surface area (Å²) >= 11 is 0. The largest absolute Gasteiger partial charge is 0.493 e. The number of nitrogens with zero attached hydrogens (tertiary/aromatic N) is 1. The lowest BCUT2D eigenvalue weighted by Gasteiger charge is -2.38. The number of hydrogen-bond acceptors (Lipinski definition) is 5. The monoisotopic (exact) mass is 384 g/mol. The SMILES string of the molecule is COc1ccc(CNC(=O)C2(C)Oc3ccc(C)cc3N(C)C2=O)cc1OC. The highest BCUT2D eigenvalue weighted by Gasteiger charge is 2.49. The maximum Gasteiger partial charge on any atom is 0.280 e. The summed E-state index contributed by atoms with van der Waals surface area (Å²) in [6.45, 7) is 3.64. The molecule has 1 aliphatic heterocycles. The van der Waals surface area contributed by atoms with Gasteiger partial charge in [0.15, 0.2) is 11.5 Å². The molecule has 2 aromatic carbocycles. The molecule has 0 saturated heterocycles.